The van der Waals surface area contributed by atoms with Crippen molar-refractivity contribution in [3.05, 3.63) is 65.4 Å². The average molecular weight is 352 g/mol. The molecule has 4 nitrogen and oxygen atoms in total. The molecule has 0 aromatic heterocycles. The van der Waals surface area contributed by atoms with E-state index in [1.54, 1.807) is 4.90 Å². The third-order valence-electron chi connectivity index (χ3n) is 3.77. The molecule has 1 aliphatic rings. The predicted molar refractivity (Wildman–Crippen MR) is 105 cm³/mol. The number of hydrogen-bond acceptors (Lipinski definition) is 4. The van der Waals surface area contributed by atoms with Crippen molar-refractivity contribution in [3.8, 4) is 5.75 Å². The number of benzene rings is 2. The van der Waals surface area contributed by atoms with Gasteiger partial charge in [0.15, 0.2) is 5.17 Å². The quantitative estimate of drug-likeness (QED) is 0.761. The zero-order valence-corrected chi connectivity index (χ0v) is 15.3. The number of aryl methyl sites for hydroxylation is 1. The third kappa shape index (κ3) is 3.77. The van der Waals surface area contributed by atoms with E-state index >= 15 is 0 Å². The van der Waals surface area contributed by atoms with Gasteiger partial charge in [-0.1, -0.05) is 36.0 Å². The van der Waals surface area contributed by atoms with Gasteiger partial charge in [0.2, 0.25) is 0 Å². The van der Waals surface area contributed by atoms with Gasteiger partial charge in [0.05, 0.1) is 12.3 Å². The van der Waals surface area contributed by atoms with Crippen LogP contribution in [0.25, 0.3) is 6.08 Å². The summed E-state index contributed by atoms with van der Waals surface area (Å²) in [4.78, 5) is 19.0. The topological polar surface area (TPSA) is 41.9 Å². The molecule has 0 fully saturated rings. The smallest absolute Gasteiger partial charge is 0.283 e. The van der Waals surface area contributed by atoms with Gasteiger partial charge < -0.3 is 4.74 Å². The molecule has 25 heavy (non-hydrogen) atoms. The fraction of sp³-hybridized carbons (Fsp3) is 0.200. The zero-order chi connectivity index (χ0) is 17.8. The van der Waals surface area contributed by atoms with E-state index in [0.29, 0.717) is 17.5 Å². The lowest BCUT2D eigenvalue weighted by molar-refractivity contribution is -0.113. The summed E-state index contributed by atoms with van der Waals surface area (Å²) < 4.78 is 5.45. The minimum Gasteiger partial charge on any atom is -0.494 e. The second-order valence-electron chi connectivity index (χ2n) is 5.61. The number of hydrogen-bond donors (Lipinski definition) is 0. The third-order valence-corrected chi connectivity index (χ3v) is 4.41. The number of rotatable bonds is 4. The van der Waals surface area contributed by atoms with Crippen LogP contribution in [0, 0.1) is 6.92 Å². The highest BCUT2D eigenvalue weighted by atomic mass is 32.2. The Hall–Kier alpha value is -2.53. The first-order chi connectivity index (χ1) is 12.1. The van der Waals surface area contributed by atoms with Crippen LogP contribution >= 0.6 is 11.8 Å². The zero-order valence-electron chi connectivity index (χ0n) is 14.5. The Balaban J connectivity index is 1.90. The molecule has 2 aromatic rings. The van der Waals surface area contributed by atoms with Crippen LogP contribution in [-0.4, -0.2) is 23.9 Å². The van der Waals surface area contributed by atoms with Crippen LogP contribution in [0.1, 0.15) is 18.1 Å². The highest BCUT2D eigenvalue weighted by Gasteiger charge is 2.31. The van der Waals surface area contributed by atoms with Gasteiger partial charge in [0.25, 0.3) is 5.91 Å². The van der Waals surface area contributed by atoms with Crippen LogP contribution in [0.15, 0.2) is 59.2 Å². The summed E-state index contributed by atoms with van der Waals surface area (Å²) in [6.45, 7) is 4.59. The van der Waals surface area contributed by atoms with Crippen molar-refractivity contribution in [2.45, 2.75) is 13.8 Å². The molecule has 5 heteroatoms. The van der Waals surface area contributed by atoms with Crippen molar-refractivity contribution in [3.63, 3.8) is 0 Å². The van der Waals surface area contributed by atoms with Gasteiger partial charge in [0.1, 0.15) is 11.4 Å². The van der Waals surface area contributed by atoms with Crippen molar-refractivity contribution in [1.82, 2.24) is 0 Å². The van der Waals surface area contributed by atoms with Gasteiger partial charge in [-0.2, -0.15) is 0 Å². The van der Waals surface area contributed by atoms with E-state index in [1.165, 1.54) is 11.8 Å². The Morgan fingerprint density at radius 2 is 1.96 bits per heavy atom. The normalized spacial score (nSPS) is 15.6. The van der Waals surface area contributed by atoms with Gasteiger partial charge >= 0.3 is 0 Å². The molecule has 0 atom stereocenters. The largest absolute Gasteiger partial charge is 0.494 e. The minimum absolute atomic E-state index is 0.108. The predicted octanol–water partition coefficient (Wildman–Crippen LogP) is 4.50. The van der Waals surface area contributed by atoms with Crippen molar-refractivity contribution >= 4 is 34.6 Å². The monoisotopic (exact) mass is 352 g/mol. The van der Waals surface area contributed by atoms with Crippen molar-refractivity contribution in [1.29, 1.82) is 0 Å². The van der Waals surface area contributed by atoms with Gasteiger partial charge in [-0.3, -0.25) is 9.69 Å². The fourth-order valence-electron chi connectivity index (χ4n) is 2.61. The molecule has 2 aromatic carbocycles. The molecular formula is C20H20N2O2S. The number of anilines is 1. The summed E-state index contributed by atoms with van der Waals surface area (Å²) in [7, 11) is 0. The van der Waals surface area contributed by atoms with E-state index in [9.17, 15) is 4.79 Å². The van der Waals surface area contributed by atoms with Gasteiger partial charge in [-0.15, -0.1) is 0 Å². The average Bonchev–Trinajstić information content (AvgIpc) is 2.92. The van der Waals surface area contributed by atoms with Crippen molar-refractivity contribution < 1.29 is 9.53 Å². The second-order valence-corrected chi connectivity index (χ2v) is 6.38. The van der Waals surface area contributed by atoms with Gasteiger partial charge in [-0.25, -0.2) is 4.99 Å². The molecular weight excluding hydrogens is 332 g/mol. The summed E-state index contributed by atoms with van der Waals surface area (Å²) in [6, 6.07) is 15.5. The lowest BCUT2D eigenvalue weighted by Gasteiger charge is -2.17. The highest BCUT2D eigenvalue weighted by Crippen LogP contribution is 2.29. The fourth-order valence-corrected chi connectivity index (χ4v) is 3.17. The molecule has 0 N–H and O–H groups in total. The number of aliphatic imine (C=N–C) groups is 1. The number of thioether (sulfide) groups is 1. The molecule has 0 unspecified atom stereocenters. The summed E-state index contributed by atoms with van der Waals surface area (Å²) in [6.07, 6.45) is 3.73. The SMILES string of the molecule is CCOc1ccc(/C=C2/N=C(SC)N(c3cccc(C)c3)C2=O)cc1. The molecule has 1 heterocycles. The maximum Gasteiger partial charge on any atom is 0.283 e. The van der Waals surface area contributed by atoms with Crippen LogP contribution in [0.2, 0.25) is 0 Å². The molecule has 0 aliphatic carbocycles. The molecule has 0 spiro atoms. The Bertz CT molecular complexity index is 841. The number of amidine groups is 1. The van der Waals surface area contributed by atoms with E-state index in [2.05, 4.69) is 4.99 Å². The standard InChI is InChI=1S/C20H20N2O2S/c1-4-24-17-10-8-15(9-11-17)13-18-19(23)22(20(21-18)25-3)16-7-5-6-14(2)12-16/h5-13H,4H2,1-3H3/b18-13+. The van der Waals surface area contributed by atoms with Crippen LogP contribution in [-0.2, 0) is 4.79 Å². The Labute approximate surface area is 152 Å². The first kappa shape index (κ1) is 17.3. The highest BCUT2D eigenvalue weighted by molar-refractivity contribution is 8.13. The Morgan fingerprint density at radius 3 is 2.60 bits per heavy atom. The molecule has 1 aliphatic heterocycles. The first-order valence-corrected chi connectivity index (χ1v) is 9.33. The van der Waals surface area contributed by atoms with Crippen LogP contribution < -0.4 is 9.64 Å². The maximum absolute atomic E-state index is 12.9. The number of carbonyl (C=O) groups excluding carboxylic acids is 1. The van der Waals surface area contributed by atoms with Crippen LogP contribution in [0.5, 0.6) is 5.75 Å². The van der Waals surface area contributed by atoms with Crippen molar-refractivity contribution in [2.24, 2.45) is 4.99 Å². The maximum atomic E-state index is 12.9. The minimum atomic E-state index is -0.108. The summed E-state index contributed by atoms with van der Waals surface area (Å²) in [5.74, 6) is 0.709. The van der Waals surface area contributed by atoms with Gasteiger partial charge in [-0.05, 0) is 61.6 Å². The lowest BCUT2D eigenvalue weighted by Crippen LogP contribution is -2.30. The summed E-state index contributed by atoms with van der Waals surface area (Å²) >= 11 is 1.46. The van der Waals surface area contributed by atoms with Crippen LogP contribution in [0.4, 0.5) is 5.69 Å². The molecule has 0 bridgehead atoms. The number of ether oxygens (including phenoxy) is 1. The molecule has 0 saturated carbocycles. The molecule has 128 valence electrons. The molecule has 0 radical (unpaired) electrons. The van der Waals surface area contributed by atoms with E-state index in [4.69, 9.17) is 4.74 Å². The van der Waals surface area contributed by atoms with E-state index in [1.807, 2.05) is 74.7 Å². The van der Waals surface area contributed by atoms with Crippen LogP contribution in [0.3, 0.4) is 0 Å². The number of nitrogens with zero attached hydrogens (tertiary/aromatic N) is 2. The number of carbonyl (C=O) groups is 1. The lowest BCUT2D eigenvalue weighted by atomic mass is 10.1. The second kappa shape index (κ2) is 7.57. The molecule has 0 saturated heterocycles. The van der Waals surface area contributed by atoms with E-state index in [-0.39, 0.29) is 5.91 Å². The van der Waals surface area contributed by atoms with E-state index in [0.717, 1.165) is 22.6 Å². The van der Waals surface area contributed by atoms with E-state index < -0.39 is 0 Å². The summed E-state index contributed by atoms with van der Waals surface area (Å²) in [5, 5.41) is 0.688. The number of amides is 1. The van der Waals surface area contributed by atoms with Gasteiger partial charge in [0, 0.05) is 0 Å². The van der Waals surface area contributed by atoms with Crippen molar-refractivity contribution in [2.75, 3.05) is 17.8 Å². The summed E-state index contributed by atoms with van der Waals surface area (Å²) in [5.41, 5.74) is 3.31. The first-order valence-electron chi connectivity index (χ1n) is 8.10. The molecule has 3 rings (SSSR count). The molecule has 1 amide bonds. The Morgan fingerprint density at radius 1 is 1.20 bits per heavy atom. The Kier molecular flexibility index (Phi) is 5.24.